The van der Waals surface area contributed by atoms with Crippen LogP contribution >= 0.6 is 34.8 Å². The van der Waals surface area contributed by atoms with E-state index in [-0.39, 0.29) is 6.10 Å². The monoisotopic (exact) mass is 291 g/mol. The first kappa shape index (κ1) is 16.2. The van der Waals surface area contributed by atoms with Gasteiger partial charge in [-0.3, -0.25) is 10.1 Å². The van der Waals surface area contributed by atoms with Gasteiger partial charge in [0.25, 0.3) is 0 Å². The number of hydrogen-bond acceptors (Lipinski definition) is 3. The fraction of sp³-hybridized carbons (Fsp3) is 1.00. The van der Waals surface area contributed by atoms with Crippen LogP contribution in [0.15, 0.2) is 0 Å². The van der Waals surface area contributed by atoms with Gasteiger partial charge in [0, 0.05) is 4.92 Å². The molecule has 0 saturated heterocycles. The SMILES string of the molecule is CC(C)C[C@@H](C)O[C@H](C[N+](=O)[O-])C(Cl)(Cl)Cl. The van der Waals surface area contributed by atoms with Crippen molar-refractivity contribution >= 4 is 34.8 Å². The number of rotatable bonds is 6. The number of ether oxygens (including phenoxy) is 1. The van der Waals surface area contributed by atoms with Gasteiger partial charge in [0.15, 0.2) is 6.10 Å². The van der Waals surface area contributed by atoms with Crippen molar-refractivity contribution in [1.29, 1.82) is 0 Å². The Labute approximate surface area is 110 Å². The smallest absolute Gasteiger partial charge is 0.233 e. The molecule has 0 heterocycles. The summed E-state index contributed by atoms with van der Waals surface area (Å²) >= 11 is 16.9. The van der Waals surface area contributed by atoms with Crippen molar-refractivity contribution in [3.63, 3.8) is 0 Å². The zero-order valence-corrected chi connectivity index (χ0v) is 11.7. The predicted molar refractivity (Wildman–Crippen MR) is 65.9 cm³/mol. The highest BCUT2D eigenvalue weighted by molar-refractivity contribution is 6.68. The van der Waals surface area contributed by atoms with Crippen molar-refractivity contribution in [2.75, 3.05) is 6.54 Å². The summed E-state index contributed by atoms with van der Waals surface area (Å²) in [5.41, 5.74) is 0. The van der Waals surface area contributed by atoms with Gasteiger partial charge in [-0.15, -0.1) is 0 Å². The van der Waals surface area contributed by atoms with Gasteiger partial charge in [-0.2, -0.15) is 0 Å². The minimum absolute atomic E-state index is 0.180. The lowest BCUT2D eigenvalue weighted by molar-refractivity contribution is -0.492. The van der Waals surface area contributed by atoms with Crippen molar-refractivity contribution in [2.24, 2.45) is 5.92 Å². The molecule has 0 radical (unpaired) electrons. The second-order valence-corrected chi connectivity index (χ2v) is 6.49. The molecule has 0 rings (SSSR count). The van der Waals surface area contributed by atoms with Crippen molar-refractivity contribution < 1.29 is 9.66 Å². The minimum Gasteiger partial charge on any atom is -0.364 e. The molecular weight excluding hydrogens is 276 g/mol. The molecule has 4 nitrogen and oxygen atoms in total. The van der Waals surface area contributed by atoms with Crippen molar-refractivity contribution in [2.45, 2.75) is 43.2 Å². The van der Waals surface area contributed by atoms with E-state index in [0.29, 0.717) is 5.92 Å². The molecule has 0 unspecified atom stereocenters. The van der Waals surface area contributed by atoms with Crippen LogP contribution in [0, 0.1) is 16.0 Å². The molecule has 7 heteroatoms. The quantitative estimate of drug-likeness (QED) is 0.428. The first-order valence-electron chi connectivity index (χ1n) is 4.97. The van der Waals surface area contributed by atoms with Crippen molar-refractivity contribution in [3.8, 4) is 0 Å². The van der Waals surface area contributed by atoms with E-state index < -0.39 is 21.4 Å². The van der Waals surface area contributed by atoms with Crippen LogP contribution in [0.4, 0.5) is 0 Å². The van der Waals surface area contributed by atoms with E-state index in [1.807, 2.05) is 20.8 Å². The van der Waals surface area contributed by atoms with Crippen LogP contribution in [0.5, 0.6) is 0 Å². The maximum atomic E-state index is 10.4. The van der Waals surface area contributed by atoms with Gasteiger partial charge in [0.2, 0.25) is 10.3 Å². The number of nitro groups is 1. The maximum absolute atomic E-state index is 10.4. The fourth-order valence-electron chi connectivity index (χ4n) is 1.36. The Morgan fingerprint density at radius 2 is 1.81 bits per heavy atom. The topological polar surface area (TPSA) is 52.4 Å². The summed E-state index contributed by atoms with van der Waals surface area (Å²) in [7, 11) is 0. The summed E-state index contributed by atoms with van der Waals surface area (Å²) in [4.78, 5) is 9.86. The molecule has 16 heavy (non-hydrogen) atoms. The lowest BCUT2D eigenvalue weighted by Crippen LogP contribution is -2.38. The van der Waals surface area contributed by atoms with Gasteiger partial charge in [-0.05, 0) is 19.3 Å². The van der Waals surface area contributed by atoms with E-state index in [0.717, 1.165) is 6.42 Å². The summed E-state index contributed by atoms with van der Waals surface area (Å²) in [5.74, 6) is 0.418. The van der Waals surface area contributed by atoms with Crippen LogP contribution in [0.25, 0.3) is 0 Å². The molecule has 0 fully saturated rings. The molecule has 0 aromatic heterocycles. The van der Waals surface area contributed by atoms with E-state index in [9.17, 15) is 10.1 Å². The normalized spacial score (nSPS) is 16.2. The minimum atomic E-state index is -1.78. The van der Waals surface area contributed by atoms with Crippen molar-refractivity contribution in [1.82, 2.24) is 0 Å². The maximum Gasteiger partial charge on any atom is 0.233 e. The third-order valence-electron chi connectivity index (χ3n) is 1.88. The summed E-state index contributed by atoms with van der Waals surface area (Å²) in [6, 6.07) is 0. The second kappa shape index (κ2) is 6.84. The lowest BCUT2D eigenvalue weighted by atomic mass is 10.1. The zero-order chi connectivity index (χ0) is 12.9. The molecule has 0 saturated carbocycles. The Bertz CT molecular complexity index is 231. The first-order valence-corrected chi connectivity index (χ1v) is 6.10. The summed E-state index contributed by atoms with van der Waals surface area (Å²) in [6.07, 6.45) is -0.448. The molecule has 0 spiro atoms. The Kier molecular flexibility index (Phi) is 6.94. The van der Waals surface area contributed by atoms with Gasteiger partial charge in [-0.25, -0.2) is 0 Å². The largest absolute Gasteiger partial charge is 0.364 e. The summed E-state index contributed by atoms with van der Waals surface area (Å²) < 4.78 is 3.62. The molecule has 0 amide bonds. The Morgan fingerprint density at radius 1 is 1.31 bits per heavy atom. The number of nitrogens with zero attached hydrogens (tertiary/aromatic N) is 1. The molecular formula is C9H16Cl3NO3. The van der Waals surface area contributed by atoms with Crippen LogP contribution in [0.3, 0.4) is 0 Å². The fourth-order valence-corrected chi connectivity index (χ4v) is 1.72. The van der Waals surface area contributed by atoms with Crippen LogP contribution < -0.4 is 0 Å². The lowest BCUT2D eigenvalue weighted by Gasteiger charge is -2.25. The van der Waals surface area contributed by atoms with E-state index in [2.05, 4.69) is 0 Å². The molecule has 0 aliphatic heterocycles. The standard InChI is InChI=1S/C9H16Cl3NO3/c1-6(2)4-7(3)16-8(5-13(14)15)9(10,11)12/h6-8H,4-5H2,1-3H3/t7-,8-/m1/s1. The average molecular weight is 293 g/mol. The van der Waals surface area contributed by atoms with Gasteiger partial charge in [0.1, 0.15) is 0 Å². The van der Waals surface area contributed by atoms with E-state index in [4.69, 9.17) is 39.5 Å². The predicted octanol–water partition coefficient (Wildman–Crippen LogP) is 3.45. The molecule has 2 atom stereocenters. The number of hydrogen-bond donors (Lipinski definition) is 0. The highest BCUT2D eigenvalue weighted by atomic mass is 35.6. The van der Waals surface area contributed by atoms with Crippen LogP contribution in [0.2, 0.25) is 0 Å². The molecule has 0 aliphatic rings. The second-order valence-electron chi connectivity index (χ2n) is 4.12. The van der Waals surface area contributed by atoms with Gasteiger partial charge in [0.05, 0.1) is 6.10 Å². The molecule has 0 aliphatic carbocycles. The Morgan fingerprint density at radius 3 is 2.12 bits per heavy atom. The van der Waals surface area contributed by atoms with E-state index >= 15 is 0 Å². The molecule has 0 aromatic carbocycles. The molecule has 96 valence electrons. The average Bonchev–Trinajstić information content (AvgIpc) is 1.98. The zero-order valence-electron chi connectivity index (χ0n) is 9.45. The summed E-state index contributed by atoms with van der Waals surface area (Å²) in [5, 5.41) is 10.4. The van der Waals surface area contributed by atoms with E-state index in [1.165, 1.54) is 0 Å². The Balaban J connectivity index is 4.37. The highest BCUT2D eigenvalue weighted by Crippen LogP contribution is 2.33. The molecule has 0 bridgehead atoms. The molecule has 0 aromatic rings. The first-order chi connectivity index (χ1) is 7.12. The van der Waals surface area contributed by atoms with Crippen molar-refractivity contribution in [3.05, 3.63) is 10.1 Å². The number of halogens is 3. The van der Waals surface area contributed by atoms with Gasteiger partial charge < -0.3 is 4.74 Å². The Hall–Kier alpha value is 0.230. The van der Waals surface area contributed by atoms with Gasteiger partial charge in [-0.1, -0.05) is 48.7 Å². The van der Waals surface area contributed by atoms with Crippen LogP contribution in [-0.2, 0) is 4.74 Å². The van der Waals surface area contributed by atoms with Crippen LogP contribution in [0.1, 0.15) is 27.2 Å². The third kappa shape index (κ3) is 7.49. The number of alkyl halides is 3. The van der Waals surface area contributed by atoms with Crippen LogP contribution in [-0.4, -0.2) is 27.5 Å². The molecule has 0 N–H and O–H groups in total. The van der Waals surface area contributed by atoms with Gasteiger partial charge >= 0.3 is 0 Å². The highest BCUT2D eigenvalue weighted by Gasteiger charge is 2.38. The summed E-state index contributed by atoms with van der Waals surface area (Å²) in [6.45, 7) is 5.34. The van der Waals surface area contributed by atoms with E-state index in [1.54, 1.807) is 0 Å². The third-order valence-corrected chi connectivity index (χ3v) is 2.61.